The van der Waals surface area contributed by atoms with E-state index in [-0.39, 0.29) is 0 Å². The van der Waals surface area contributed by atoms with E-state index in [2.05, 4.69) is 16.4 Å². The maximum absolute atomic E-state index is 3.87. The van der Waals surface area contributed by atoms with Crippen LogP contribution in [0.3, 0.4) is 0 Å². The molecular formula is C8H6N3. The minimum atomic E-state index is 1.00. The normalized spacial score (nSPS) is 9.82. The predicted octanol–water partition coefficient (Wildman–Crippen LogP) is 1.07. The summed E-state index contributed by atoms with van der Waals surface area (Å²) in [5, 5.41) is 3.87. The van der Waals surface area contributed by atoms with Crippen LogP contribution in [0.1, 0.15) is 0 Å². The molecule has 0 unspecified atom stereocenters. The molecule has 1 radical (unpaired) electrons. The van der Waals surface area contributed by atoms with Crippen LogP contribution in [0.2, 0.25) is 0 Å². The Hall–Kier alpha value is -1.64. The summed E-state index contributed by atoms with van der Waals surface area (Å²) in [6.45, 7) is 0. The van der Waals surface area contributed by atoms with Gasteiger partial charge in [0.1, 0.15) is 6.33 Å². The van der Waals surface area contributed by atoms with E-state index >= 15 is 0 Å². The SMILES string of the molecule is [c]1ncn(-c2ccccc2)n1. The highest BCUT2D eigenvalue weighted by atomic mass is 15.3. The number of rotatable bonds is 1. The third kappa shape index (κ3) is 1.12. The molecular weight excluding hydrogens is 138 g/mol. The zero-order valence-electron chi connectivity index (χ0n) is 5.81. The van der Waals surface area contributed by atoms with Crippen molar-refractivity contribution in [3.8, 4) is 5.69 Å². The highest BCUT2D eigenvalue weighted by Gasteiger charge is 1.92. The number of hydrogen-bond acceptors (Lipinski definition) is 2. The van der Waals surface area contributed by atoms with Gasteiger partial charge in [-0.15, -0.1) is 5.10 Å². The van der Waals surface area contributed by atoms with Gasteiger partial charge in [-0.2, -0.15) is 0 Å². The number of hydrogen-bond donors (Lipinski definition) is 0. The summed E-state index contributed by atoms with van der Waals surface area (Å²) in [5.41, 5.74) is 1.00. The Morgan fingerprint density at radius 2 is 2.00 bits per heavy atom. The molecule has 0 spiro atoms. The van der Waals surface area contributed by atoms with Crippen molar-refractivity contribution in [2.45, 2.75) is 0 Å². The topological polar surface area (TPSA) is 30.7 Å². The quantitative estimate of drug-likeness (QED) is 0.599. The van der Waals surface area contributed by atoms with Crippen molar-refractivity contribution < 1.29 is 0 Å². The Morgan fingerprint density at radius 3 is 2.64 bits per heavy atom. The monoisotopic (exact) mass is 144 g/mol. The number of nitrogens with zero attached hydrogens (tertiary/aromatic N) is 3. The summed E-state index contributed by atoms with van der Waals surface area (Å²) >= 11 is 0. The third-order valence-corrected chi connectivity index (χ3v) is 1.40. The highest BCUT2D eigenvalue weighted by molar-refractivity contribution is 5.28. The largest absolute Gasteiger partial charge is 0.221 e. The zero-order valence-corrected chi connectivity index (χ0v) is 5.81. The first-order valence-corrected chi connectivity index (χ1v) is 3.30. The average molecular weight is 144 g/mol. The summed E-state index contributed by atoms with van der Waals surface area (Å²) < 4.78 is 1.67. The van der Waals surface area contributed by atoms with Crippen LogP contribution in [0, 0.1) is 6.33 Å². The van der Waals surface area contributed by atoms with Crippen LogP contribution in [0.15, 0.2) is 36.7 Å². The van der Waals surface area contributed by atoms with E-state index in [4.69, 9.17) is 0 Å². The molecule has 0 aliphatic carbocycles. The lowest BCUT2D eigenvalue weighted by Gasteiger charge is -1.96. The van der Waals surface area contributed by atoms with Crippen LogP contribution >= 0.6 is 0 Å². The molecule has 0 aliphatic rings. The van der Waals surface area contributed by atoms with Gasteiger partial charge in [-0.05, 0) is 12.1 Å². The van der Waals surface area contributed by atoms with Gasteiger partial charge in [0.15, 0.2) is 0 Å². The molecule has 3 nitrogen and oxygen atoms in total. The van der Waals surface area contributed by atoms with Crippen LogP contribution in [0.5, 0.6) is 0 Å². The molecule has 53 valence electrons. The van der Waals surface area contributed by atoms with Gasteiger partial charge in [-0.25, -0.2) is 9.67 Å². The first-order valence-electron chi connectivity index (χ1n) is 3.30. The van der Waals surface area contributed by atoms with E-state index in [9.17, 15) is 0 Å². The van der Waals surface area contributed by atoms with Crippen LogP contribution in [-0.2, 0) is 0 Å². The van der Waals surface area contributed by atoms with Gasteiger partial charge >= 0.3 is 0 Å². The predicted molar refractivity (Wildman–Crippen MR) is 40.2 cm³/mol. The minimum absolute atomic E-state index is 1.00. The van der Waals surface area contributed by atoms with Crippen LogP contribution < -0.4 is 0 Å². The standard InChI is InChI=1S/C8H6N3/c1-2-4-8(5-3-1)11-7-9-6-10-11/h1-5,7H. The molecule has 0 fully saturated rings. The van der Waals surface area contributed by atoms with E-state index < -0.39 is 0 Å². The van der Waals surface area contributed by atoms with Crippen molar-refractivity contribution in [1.29, 1.82) is 0 Å². The van der Waals surface area contributed by atoms with Crippen molar-refractivity contribution >= 4 is 0 Å². The molecule has 0 N–H and O–H groups in total. The third-order valence-electron chi connectivity index (χ3n) is 1.40. The Kier molecular flexibility index (Phi) is 1.41. The summed E-state index contributed by atoms with van der Waals surface area (Å²) in [4.78, 5) is 3.73. The molecule has 2 rings (SSSR count). The van der Waals surface area contributed by atoms with Gasteiger partial charge < -0.3 is 0 Å². The lowest BCUT2D eigenvalue weighted by Crippen LogP contribution is -1.92. The molecule has 0 saturated heterocycles. The highest BCUT2D eigenvalue weighted by Crippen LogP contribution is 2.01. The van der Waals surface area contributed by atoms with Gasteiger partial charge in [0, 0.05) is 0 Å². The van der Waals surface area contributed by atoms with E-state index in [0.717, 1.165) is 5.69 Å². The van der Waals surface area contributed by atoms with E-state index in [1.807, 2.05) is 30.3 Å². The van der Waals surface area contributed by atoms with Crippen LogP contribution in [0.25, 0.3) is 5.69 Å². The second-order valence-electron chi connectivity index (χ2n) is 2.12. The molecule has 1 aromatic heterocycles. The fourth-order valence-electron chi connectivity index (χ4n) is 0.885. The maximum atomic E-state index is 3.87. The van der Waals surface area contributed by atoms with Gasteiger partial charge in [0.05, 0.1) is 5.69 Å². The number of benzene rings is 1. The molecule has 0 atom stereocenters. The first kappa shape index (κ1) is 6.09. The van der Waals surface area contributed by atoms with Gasteiger partial charge in [0.25, 0.3) is 0 Å². The van der Waals surface area contributed by atoms with Crippen LogP contribution in [0.4, 0.5) is 0 Å². The van der Waals surface area contributed by atoms with Crippen molar-refractivity contribution in [3.63, 3.8) is 0 Å². The molecule has 0 saturated carbocycles. The summed E-state index contributed by atoms with van der Waals surface area (Å²) in [5.74, 6) is 0. The summed E-state index contributed by atoms with van der Waals surface area (Å²) in [7, 11) is 0. The molecule has 3 heteroatoms. The van der Waals surface area contributed by atoms with Gasteiger partial charge in [-0.3, -0.25) is 0 Å². The fourth-order valence-corrected chi connectivity index (χ4v) is 0.885. The van der Waals surface area contributed by atoms with Gasteiger partial charge in [-0.1, -0.05) is 18.2 Å². The number of para-hydroxylation sites is 1. The first-order chi connectivity index (χ1) is 5.47. The molecule has 0 aliphatic heterocycles. The Labute approximate surface area is 64.3 Å². The Morgan fingerprint density at radius 1 is 1.18 bits per heavy atom. The maximum Gasteiger partial charge on any atom is 0.221 e. The molecule has 1 aromatic carbocycles. The molecule has 11 heavy (non-hydrogen) atoms. The van der Waals surface area contributed by atoms with Gasteiger partial charge in [0.2, 0.25) is 6.33 Å². The fraction of sp³-hybridized carbons (Fsp3) is 0. The lowest BCUT2D eigenvalue weighted by atomic mass is 10.3. The molecule has 0 bridgehead atoms. The van der Waals surface area contributed by atoms with E-state index in [1.165, 1.54) is 0 Å². The Balaban J connectivity index is 2.46. The zero-order chi connectivity index (χ0) is 7.52. The summed E-state index contributed by atoms with van der Waals surface area (Å²) in [6.07, 6.45) is 4.11. The lowest BCUT2D eigenvalue weighted by molar-refractivity contribution is 0.876. The van der Waals surface area contributed by atoms with Crippen molar-refractivity contribution in [2.24, 2.45) is 0 Å². The number of aromatic nitrogens is 3. The Bertz CT molecular complexity index is 312. The van der Waals surface area contributed by atoms with Crippen molar-refractivity contribution in [2.75, 3.05) is 0 Å². The van der Waals surface area contributed by atoms with Crippen LogP contribution in [-0.4, -0.2) is 14.8 Å². The van der Waals surface area contributed by atoms with E-state index in [0.29, 0.717) is 0 Å². The second-order valence-corrected chi connectivity index (χ2v) is 2.12. The molecule has 2 aromatic rings. The van der Waals surface area contributed by atoms with Crippen molar-refractivity contribution in [3.05, 3.63) is 43.0 Å². The smallest absolute Gasteiger partial charge is 0.220 e. The second kappa shape index (κ2) is 2.54. The van der Waals surface area contributed by atoms with E-state index in [1.54, 1.807) is 11.0 Å². The summed E-state index contributed by atoms with van der Waals surface area (Å²) in [6, 6.07) is 9.79. The molecule has 1 heterocycles. The molecule has 0 amide bonds. The minimum Gasteiger partial charge on any atom is -0.220 e. The van der Waals surface area contributed by atoms with Crippen molar-refractivity contribution in [1.82, 2.24) is 14.8 Å². The average Bonchev–Trinajstić information content (AvgIpc) is 2.58.